The van der Waals surface area contributed by atoms with Gasteiger partial charge < -0.3 is 9.74 Å². The Labute approximate surface area is 123 Å². The summed E-state index contributed by atoms with van der Waals surface area (Å²) in [5, 5.41) is 3.97. The van der Waals surface area contributed by atoms with Gasteiger partial charge in [-0.15, -0.1) is 0 Å². The number of oxime groups is 1. The summed E-state index contributed by atoms with van der Waals surface area (Å²) in [6.45, 7) is 3.28. The summed E-state index contributed by atoms with van der Waals surface area (Å²) >= 11 is 0. The summed E-state index contributed by atoms with van der Waals surface area (Å²) in [5.41, 5.74) is -0.0942. The van der Waals surface area contributed by atoms with Crippen LogP contribution in [0.15, 0.2) is 29.4 Å². The standard InChI is InChI=1S/C16H19FN2O2/c1-16(15(20)19-9-5-2-6-10-19)11-14(18-21-16)12-7-3-4-8-13(12)17/h3-4,7-8H,2,5-6,9-11H2,1H3. The third-order valence-electron chi connectivity index (χ3n) is 4.14. The van der Waals surface area contributed by atoms with Crippen molar-refractivity contribution in [3.8, 4) is 0 Å². The molecule has 0 bridgehead atoms. The first-order valence-corrected chi connectivity index (χ1v) is 7.39. The van der Waals surface area contributed by atoms with Crippen molar-refractivity contribution in [1.29, 1.82) is 0 Å². The zero-order chi connectivity index (χ0) is 14.9. The van der Waals surface area contributed by atoms with E-state index >= 15 is 0 Å². The van der Waals surface area contributed by atoms with E-state index in [1.807, 2.05) is 4.90 Å². The van der Waals surface area contributed by atoms with E-state index in [0.717, 1.165) is 25.9 Å². The van der Waals surface area contributed by atoms with Gasteiger partial charge in [-0.2, -0.15) is 0 Å². The lowest BCUT2D eigenvalue weighted by Crippen LogP contribution is -2.49. The van der Waals surface area contributed by atoms with Crippen LogP contribution in [-0.4, -0.2) is 35.2 Å². The fourth-order valence-electron chi connectivity index (χ4n) is 2.93. The van der Waals surface area contributed by atoms with E-state index in [0.29, 0.717) is 17.7 Å². The van der Waals surface area contributed by atoms with Crippen LogP contribution in [0.25, 0.3) is 0 Å². The lowest BCUT2D eigenvalue weighted by molar-refractivity contribution is -0.154. The quantitative estimate of drug-likeness (QED) is 0.840. The summed E-state index contributed by atoms with van der Waals surface area (Å²) < 4.78 is 13.8. The molecule has 5 heteroatoms. The Morgan fingerprint density at radius 3 is 2.71 bits per heavy atom. The lowest BCUT2D eigenvalue weighted by atomic mass is 9.93. The number of amides is 1. The second-order valence-corrected chi connectivity index (χ2v) is 5.87. The van der Waals surface area contributed by atoms with Gasteiger partial charge in [0.15, 0.2) is 0 Å². The van der Waals surface area contributed by atoms with Crippen molar-refractivity contribution >= 4 is 11.6 Å². The fraction of sp³-hybridized carbons (Fsp3) is 0.500. The zero-order valence-electron chi connectivity index (χ0n) is 12.1. The average molecular weight is 290 g/mol. The molecule has 4 nitrogen and oxygen atoms in total. The Balaban J connectivity index is 1.75. The van der Waals surface area contributed by atoms with E-state index < -0.39 is 5.60 Å². The molecule has 2 aliphatic rings. The second-order valence-electron chi connectivity index (χ2n) is 5.87. The molecule has 1 unspecified atom stereocenters. The first kappa shape index (κ1) is 14.0. The van der Waals surface area contributed by atoms with Crippen molar-refractivity contribution in [2.24, 2.45) is 5.16 Å². The molecule has 1 amide bonds. The average Bonchev–Trinajstić information content (AvgIpc) is 2.91. The molecule has 21 heavy (non-hydrogen) atoms. The minimum Gasteiger partial charge on any atom is -0.379 e. The van der Waals surface area contributed by atoms with Gasteiger partial charge in [0.1, 0.15) is 5.82 Å². The Kier molecular flexibility index (Phi) is 3.66. The molecule has 0 radical (unpaired) electrons. The van der Waals surface area contributed by atoms with Crippen molar-refractivity contribution in [1.82, 2.24) is 4.90 Å². The van der Waals surface area contributed by atoms with Gasteiger partial charge in [0, 0.05) is 25.1 Å². The SMILES string of the molecule is CC1(C(=O)N2CCCCC2)CC(c2ccccc2F)=NO1. The number of likely N-dealkylation sites (tertiary alicyclic amines) is 1. The van der Waals surface area contributed by atoms with Gasteiger partial charge in [0.25, 0.3) is 5.91 Å². The van der Waals surface area contributed by atoms with Gasteiger partial charge in [0.2, 0.25) is 5.60 Å². The fourth-order valence-corrected chi connectivity index (χ4v) is 2.93. The summed E-state index contributed by atoms with van der Waals surface area (Å²) in [5.74, 6) is -0.383. The van der Waals surface area contributed by atoms with Crippen molar-refractivity contribution < 1.29 is 14.0 Å². The summed E-state index contributed by atoms with van der Waals surface area (Å²) in [6.07, 6.45) is 3.54. The molecular weight excluding hydrogens is 271 g/mol. The van der Waals surface area contributed by atoms with E-state index in [1.54, 1.807) is 25.1 Å². The third kappa shape index (κ3) is 2.64. The maximum absolute atomic E-state index is 13.8. The molecule has 0 N–H and O–H groups in total. The maximum atomic E-state index is 13.8. The van der Waals surface area contributed by atoms with Gasteiger partial charge >= 0.3 is 0 Å². The third-order valence-corrected chi connectivity index (χ3v) is 4.14. The Hall–Kier alpha value is -1.91. The number of carbonyl (C=O) groups excluding carboxylic acids is 1. The van der Waals surface area contributed by atoms with Crippen LogP contribution in [0.5, 0.6) is 0 Å². The van der Waals surface area contributed by atoms with Crippen molar-refractivity contribution in [2.45, 2.75) is 38.2 Å². The van der Waals surface area contributed by atoms with Gasteiger partial charge in [-0.1, -0.05) is 23.4 Å². The number of piperidine rings is 1. The molecule has 1 aromatic rings. The van der Waals surface area contributed by atoms with Crippen LogP contribution in [0.2, 0.25) is 0 Å². The van der Waals surface area contributed by atoms with E-state index in [9.17, 15) is 9.18 Å². The summed E-state index contributed by atoms with van der Waals surface area (Å²) in [4.78, 5) is 19.9. The first-order valence-electron chi connectivity index (χ1n) is 7.39. The number of hydrogen-bond acceptors (Lipinski definition) is 3. The molecule has 3 rings (SSSR count). The molecule has 112 valence electrons. The minimum atomic E-state index is -1.01. The Morgan fingerprint density at radius 1 is 1.29 bits per heavy atom. The highest BCUT2D eigenvalue weighted by molar-refractivity contribution is 6.05. The monoisotopic (exact) mass is 290 g/mol. The van der Waals surface area contributed by atoms with Gasteiger partial charge in [-0.3, -0.25) is 4.79 Å². The number of hydrogen-bond donors (Lipinski definition) is 0. The molecule has 1 saturated heterocycles. The molecule has 0 spiro atoms. The van der Waals surface area contributed by atoms with Crippen LogP contribution < -0.4 is 0 Å². The largest absolute Gasteiger partial charge is 0.379 e. The number of benzene rings is 1. The van der Waals surface area contributed by atoms with Gasteiger partial charge in [0.05, 0.1) is 5.71 Å². The van der Waals surface area contributed by atoms with E-state index in [2.05, 4.69) is 5.16 Å². The zero-order valence-corrected chi connectivity index (χ0v) is 12.1. The van der Waals surface area contributed by atoms with E-state index in [1.165, 1.54) is 12.5 Å². The molecule has 2 aliphatic heterocycles. The second kappa shape index (κ2) is 5.47. The first-order chi connectivity index (χ1) is 10.1. The van der Waals surface area contributed by atoms with Crippen molar-refractivity contribution in [3.63, 3.8) is 0 Å². The highest BCUT2D eigenvalue weighted by atomic mass is 19.1. The number of carbonyl (C=O) groups is 1. The van der Waals surface area contributed by atoms with Crippen LogP contribution in [0, 0.1) is 5.82 Å². The van der Waals surface area contributed by atoms with Gasteiger partial charge in [-0.25, -0.2) is 4.39 Å². The number of nitrogens with zero attached hydrogens (tertiary/aromatic N) is 2. The van der Waals surface area contributed by atoms with Crippen LogP contribution in [0.4, 0.5) is 4.39 Å². The predicted octanol–water partition coefficient (Wildman–Crippen LogP) is 2.72. The van der Waals surface area contributed by atoms with Crippen LogP contribution in [-0.2, 0) is 9.63 Å². The topological polar surface area (TPSA) is 41.9 Å². The van der Waals surface area contributed by atoms with Gasteiger partial charge in [-0.05, 0) is 32.3 Å². The summed E-state index contributed by atoms with van der Waals surface area (Å²) in [7, 11) is 0. The lowest BCUT2D eigenvalue weighted by Gasteiger charge is -2.32. The maximum Gasteiger partial charge on any atom is 0.269 e. The van der Waals surface area contributed by atoms with Crippen LogP contribution in [0.3, 0.4) is 0 Å². The van der Waals surface area contributed by atoms with E-state index in [-0.39, 0.29) is 11.7 Å². The summed E-state index contributed by atoms with van der Waals surface area (Å²) in [6, 6.07) is 6.44. The molecule has 0 saturated carbocycles. The Morgan fingerprint density at radius 2 is 2.00 bits per heavy atom. The van der Waals surface area contributed by atoms with Crippen molar-refractivity contribution in [3.05, 3.63) is 35.6 Å². The molecule has 0 aliphatic carbocycles. The number of rotatable bonds is 2. The van der Waals surface area contributed by atoms with Crippen LogP contribution >= 0.6 is 0 Å². The Bertz CT molecular complexity index is 581. The molecule has 1 atom stereocenters. The molecule has 1 fully saturated rings. The highest BCUT2D eigenvalue weighted by Crippen LogP contribution is 2.30. The number of halogens is 1. The molecule has 0 aromatic heterocycles. The van der Waals surface area contributed by atoms with Crippen LogP contribution in [0.1, 0.15) is 38.2 Å². The van der Waals surface area contributed by atoms with E-state index in [4.69, 9.17) is 4.84 Å². The molecular formula is C16H19FN2O2. The molecule has 2 heterocycles. The molecule has 1 aromatic carbocycles. The normalized spacial score (nSPS) is 25.4. The smallest absolute Gasteiger partial charge is 0.269 e. The highest BCUT2D eigenvalue weighted by Gasteiger charge is 2.45. The van der Waals surface area contributed by atoms with Crippen molar-refractivity contribution in [2.75, 3.05) is 13.1 Å². The minimum absolute atomic E-state index is 0.0442. The predicted molar refractivity (Wildman–Crippen MR) is 77.5 cm³/mol.